The summed E-state index contributed by atoms with van der Waals surface area (Å²) in [7, 11) is 1.66. The first-order chi connectivity index (χ1) is 13.8. The maximum absolute atomic E-state index is 13.0. The summed E-state index contributed by atoms with van der Waals surface area (Å²) in [4.78, 5) is 14.9. The first-order valence-corrected chi connectivity index (χ1v) is 9.63. The molecule has 144 valence electrons. The van der Waals surface area contributed by atoms with Crippen molar-refractivity contribution >= 4 is 6.03 Å². The second-order valence-corrected chi connectivity index (χ2v) is 6.96. The molecule has 1 N–H and O–H groups in total. The summed E-state index contributed by atoms with van der Waals surface area (Å²) in [6, 6.07) is 22.2. The van der Waals surface area contributed by atoms with Crippen LogP contribution < -0.4 is 10.1 Å². The number of carbonyl (C=O) groups is 1. The number of rotatable bonds is 5. The number of hydrogen-bond acceptors (Lipinski definition) is 2. The lowest BCUT2D eigenvalue weighted by Crippen LogP contribution is -2.47. The summed E-state index contributed by atoms with van der Waals surface area (Å²) < 4.78 is 7.51. The fourth-order valence-corrected chi connectivity index (χ4v) is 3.80. The van der Waals surface area contributed by atoms with E-state index in [1.54, 1.807) is 7.11 Å². The van der Waals surface area contributed by atoms with Crippen LogP contribution >= 0.6 is 0 Å². The Morgan fingerprint density at radius 2 is 1.82 bits per heavy atom. The van der Waals surface area contributed by atoms with Crippen LogP contribution in [0.4, 0.5) is 4.79 Å². The molecular formula is C23H25N3O2. The van der Waals surface area contributed by atoms with Gasteiger partial charge in [0.25, 0.3) is 0 Å². The van der Waals surface area contributed by atoms with Gasteiger partial charge in [0.1, 0.15) is 5.75 Å². The normalized spacial score (nSPS) is 15.8. The summed E-state index contributed by atoms with van der Waals surface area (Å²) in [5.41, 5.74) is 3.44. The number of nitrogens with one attached hydrogen (secondary N) is 1. The first-order valence-electron chi connectivity index (χ1n) is 9.63. The van der Waals surface area contributed by atoms with E-state index in [0.29, 0.717) is 13.1 Å². The van der Waals surface area contributed by atoms with Crippen molar-refractivity contribution in [2.24, 2.45) is 0 Å². The van der Waals surface area contributed by atoms with Crippen LogP contribution in [0.1, 0.15) is 22.9 Å². The molecule has 1 aliphatic heterocycles. The van der Waals surface area contributed by atoms with E-state index in [-0.39, 0.29) is 12.1 Å². The standard InChI is InChI=1S/C23H25N3O2/c1-28-20-11-9-19(10-12-20)22-21-8-5-15-25(21)16-17-26(22)23(27)24-14-13-18-6-3-2-4-7-18/h2-12,15,22H,13-14,16-17H2,1H3,(H,24,27)/t22-/m0/s1. The summed E-state index contributed by atoms with van der Waals surface area (Å²) >= 11 is 0. The maximum atomic E-state index is 13.0. The number of urea groups is 1. The molecule has 1 atom stereocenters. The molecule has 0 saturated heterocycles. The minimum Gasteiger partial charge on any atom is -0.497 e. The number of hydrogen-bond donors (Lipinski definition) is 1. The summed E-state index contributed by atoms with van der Waals surface area (Å²) in [5, 5.41) is 3.10. The Hall–Kier alpha value is -3.21. The predicted molar refractivity (Wildman–Crippen MR) is 110 cm³/mol. The van der Waals surface area contributed by atoms with Gasteiger partial charge in [-0.3, -0.25) is 0 Å². The second kappa shape index (κ2) is 8.21. The minimum atomic E-state index is -0.105. The summed E-state index contributed by atoms with van der Waals surface area (Å²) in [6.07, 6.45) is 2.90. The Morgan fingerprint density at radius 3 is 2.57 bits per heavy atom. The molecular weight excluding hydrogens is 350 g/mol. The molecule has 0 bridgehead atoms. The van der Waals surface area contributed by atoms with Crippen LogP contribution in [0.2, 0.25) is 0 Å². The van der Waals surface area contributed by atoms with Crippen LogP contribution in [-0.2, 0) is 13.0 Å². The van der Waals surface area contributed by atoms with Crippen molar-refractivity contribution in [3.8, 4) is 5.75 Å². The van der Waals surface area contributed by atoms with Crippen molar-refractivity contribution in [1.82, 2.24) is 14.8 Å². The van der Waals surface area contributed by atoms with Crippen LogP contribution in [0.25, 0.3) is 0 Å². The van der Waals surface area contributed by atoms with Crippen molar-refractivity contribution in [3.05, 3.63) is 89.7 Å². The van der Waals surface area contributed by atoms with E-state index in [2.05, 4.69) is 34.3 Å². The van der Waals surface area contributed by atoms with Gasteiger partial charge in [-0.05, 0) is 41.8 Å². The third-order valence-electron chi connectivity index (χ3n) is 5.26. The molecule has 1 aliphatic rings. The van der Waals surface area contributed by atoms with Gasteiger partial charge < -0.3 is 19.5 Å². The molecule has 0 spiro atoms. The molecule has 5 nitrogen and oxygen atoms in total. The second-order valence-electron chi connectivity index (χ2n) is 6.96. The average molecular weight is 375 g/mol. The molecule has 2 aromatic carbocycles. The van der Waals surface area contributed by atoms with E-state index in [9.17, 15) is 4.79 Å². The Balaban J connectivity index is 1.51. The summed E-state index contributed by atoms with van der Waals surface area (Å²) in [5.74, 6) is 0.814. The zero-order chi connectivity index (χ0) is 19.3. The van der Waals surface area contributed by atoms with Gasteiger partial charge in [-0.15, -0.1) is 0 Å². The lowest BCUT2D eigenvalue weighted by molar-refractivity contribution is 0.169. The Kier molecular flexibility index (Phi) is 5.33. The number of aromatic nitrogens is 1. The Morgan fingerprint density at radius 1 is 1.04 bits per heavy atom. The Labute approximate surface area is 165 Å². The van der Waals surface area contributed by atoms with Crippen LogP contribution in [0, 0.1) is 0 Å². The van der Waals surface area contributed by atoms with Gasteiger partial charge in [0.05, 0.1) is 13.2 Å². The molecule has 2 heterocycles. The molecule has 0 unspecified atom stereocenters. The molecule has 4 rings (SSSR count). The topological polar surface area (TPSA) is 46.5 Å². The number of amides is 2. The summed E-state index contributed by atoms with van der Waals surface area (Å²) in [6.45, 7) is 2.10. The molecule has 3 aromatic rings. The quantitative estimate of drug-likeness (QED) is 0.736. The number of benzene rings is 2. The van der Waals surface area contributed by atoms with Crippen molar-refractivity contribution in [3.63, 3.8) is 0 Å². The van der Waals surface area contributed by atoms with Crippen LogP contribution in [0.3, 0.4) is 0 Å². The predicted octanol–water partition coefficient (Wildman–Crippen LogP) is 3.85. The third-order valence-corrected chi connectivity index (χ3v) is 5.26. The zero-order valence-corrected chi connectivity index (χ0v) is 16.0. The van der Waals surface area contributed by atoms with Gasteiger partial charge >= 0.3 is 6.03 Å². The molecule has 0 radical (unpaired) electrons. The van der Waals surface area contributed by atoms with E-state index in [1.807, 2.05) is 53.4 Å². The van der Waals surface area contributed by atoms with E-state index in [1.165, 1.54) is 5.56 Å². The monoisotopic (exact) mass is 375 g/mol. The van der Waals surface area contributed by atoms with Gasteiger partial charge in [-0.1, -0.05) is 42.5 Å². The molecule has 0 fully saturated rings. The highest BCUT2D eigenvalue weighted by molar-refractivity contribution is 5.75. The highest BCUT2D eigenvalue weighted by Crippen LogP contribution is 2.33. The van der Waals surface area contributed by atoms with Crippen molar-refractivity contribution in [2.75, 3.05) is 20.2 Å². The molecule has 5 heteroatoms. The van der Waals surface area contributed by atoms with E-state index >= 15 is 0 Å². The fourth-order valence-electron chi connectivity index (χ4n) is 3.80. The van der Waals surface area contributed by atoms with Crippen molar-refractivity contribution in [2.45, 2.75) is 19.0 Å². The lowest BCUT2D eigenvalue weighted by Gasteiger charge is -2.37. The van der Waals surface area contributed by atoms with Crippen LogP contribution in [0.15, 0.2) is 72.9 Å². The SMILES string of the molecule is COc1ccc([C@H]2c3cccn3CCN2C(=O)NCCc2ccccc2)cc1. The highest BCUT2D eigenvalue weighted by Gasteiger charge is 2.32. The van der Waals surface area contributed by atoms with Gasteiger partial charge in [0.15, 0.2) is 0 Å². The molecule has 1 aromatic heterocycles. The number of carbonyl (C=O) groups excluding carboxylic acids is 1. The van der Waals surface area contributed by atoms with Gasteiger partial charge in [0, 0.05) is 31.5 Å². The molecule has 28 heavy (non-hydrogen) atoms. The van der Waals surface area contributed by atoms with E-state index in [4.69, 9.17) is 4.74 Å². The largest absolute Gasteiger partial charge is 0.497 e. The maximum Gasteiger partial charge on any atom is 0.318 e. The molecule has 2 amide bonds. The molecule has 0 saturated carbocycles. The van der Waals surface area contributed by atoms with Gasteiger partial charge in [-0.2, -0.15) is 0 Å². The van der Waals surface area contributed by atoms with E-state index in [0.717, 1.165) is 30.0 Å². The average Bonchev–Trinajstić information content (AvgIpc) is 3.23. The van der Waals surface area contributed by atoms with E-state index < -0.39 is 0 Å². The number of ether oxygens (including phenoxy) is 1. The van der Waals surface area contributed by atoms with Gasteiger partial charge in [-0.25, -0.2) is 4.79 Å². The van der Waals surface area contributed by atoms with Crippen molar-refractivity contribution in [1.29, 1.82) is 0 Å². The van der Waals surface area contributed by atoms with Crippen LogP contribution in [-0.4, -0.2) is 35.7 Å². The Bertz CT molecular complexity index is 919. The first kappa shape index (κ1) is 18.2. The lowest BCUT2D eigenvalue weighted by atomic mass is 10.00. The highest BCUT2D eigenvalue weighted by atomic mass is 16.5. The fraction of sp³-hybridized carbons (Fsp3) is 0.261. The van der Waals surface area contributed by atoms with Gasteiger partial charge in [0.2, 0.25) is 0 Å². The van der Waals surface area contributed by atoms with Crippen LogP contribution in [0.5, 0.6) is 5.75 Å². The van der Waals surface area contributed by atoms with Crippen molar-refractivity contribution < 1.29 is 9.53 Å². The number of nitrogens with zero attached hydrogens (tertiary/aromatic N) is 2. The smallest absolute Gasteiger partial charge is 0.318 e. The molecule has 0 aliphatic carbocycles. The zero-order valence-electron chi connectivity index (χ0n) is 16.0. The minimum absolute atomic E-state index is 0.0239. The number of fused-ring (bicyclic) bond motifs is 1. The number of methoxy groups -OCH3 is 1. The third kappa shape index (κ3) is 3.74.